The van der Waals surface area contributed by atoms with Crippen molar-refractivity contribution in [3.05, 3.63) is 45.3 Å². The van der Waals surface area contributed by atoms with Gasteiger partial charge in [-0.2, -0.15) is 5.26 Å². The molecule has 4 rings (SSSR count). The molecule has 2 heterocycles. The Kier molecular flexibility index (Phi) is 5.89. The molecule has 0 radical (unpaired) electrons. The van der Waals surface area contributed by atoms with Gasteiger partial charge in [0.25, 0.3) is 0 Å². The van der Waals surface area contributed by atoms with Gasteiger partial charge in [0.15, 0.2) is 0 Å². The first-order valence-electron chi connectivity index (χ1n) is 10.4. The zero-order valence-electron chi connectivity index (χ0n) is 17.3. The van der Waals surface area contributed by atoms with Gasteiger partial charge in [-0.25, -0.2) is 0 Å². The van der Waals surface area contributed by atoms with Crippen molar-refractivity contribution in [3.63, 3.8) is 0 Å². The summed E-state index contributed by atoms with van der Waals surface area (Å²) in [5, 5.41) is 13.3. The maximum atomic E-state index is 12.6. The fourth-order valence-electron chi connectivity index (χ4n) is 4.35. The highest BCUT2D eigenvalue weighted by molar-refractivity contribution is 7.16. The second kappa shape index (κ2) is 8.56. The SMILES string of the molecule is Cc1ccc(C)c(N2CCN(CC(=O)Nc3sc4c(c3C#N)CCCC4)CC2)c1. The maximum absolute atomic E-state index is 12.6. The second-order valence-electron chi connectivity index (χ2n) is 8.13. The molecule has 2 aliphatic rings. The number of nitrogens with one attached hydrogen (secondary N) is 1. The van der Waals surface area contributed by atoms with Gasteiger partial charge >= 0.3 is 0 Å². The zero-order valence-corrected chi connectivity index (χ0v) is 18.1. The van der Waals surface area contributed by atoms with Crippen LogP contribution in [0.3, 0.4) is 0 Å². The Bertz CT molecular complexity index is 951. The van der Waals surface area contributed by atoms with Gasteiger partial charge in [0.1, 0.15) is 11.1 Å². The van der Waals surface area contributed by atoms with Gasteiger partial charge in [0.05, 0.1) is 12.1 Å². The zero-order chi connectivity index (χ0) is 20.4. The van der Waals surface area contributed by atoms with Gasteiger partial charge in [-0.05, 0) is 62.3 Å². The van der Waals surface area contributed by atoms with Crippen LogP contribution in [0.4, 0.5) is 10.7 Å². The van der Waals surface area contributed by atoms with Crippen molar-refractivity contribution >= 4 is 27.9 Å². The summed E-state index contributed by atoms with van der Waals surface area (Å²) in [5.41, 5.74) is 5.74. The molecular formula is C23H28N4OS. The highest BCUT2D eigenvalue weighted by Gasteiger charge is 2.24. The maximum Gasteiger partial charge on any atom is 0.239 e. The monoisotopic (exact) mass is 408 g/mol. The van der Waals surface area contributed by atoms with Crippen molar-refractivity contribution in [2.45, 2.75) is 39.5 Å². The van der Waals surface area contributed by atoms with Crippen molar-refractivity contribution in [2.75, 3.05) is 42.9 Å². The Hall–Kier alpha value is -2.36. The number of piperazine rings is 1. The fraction of sp³-hybridized carbons (Fsp3) is 0.478. The molecule has 1 aliphatic carbocycles. The van der Waals surface area contributed by atoms with Crippen molar-refractivity contribution in [1.82, 2.24) is 4.90 Å². The average molecular weight is 409 g/mol. The predicted octanol–water partition coefficient (Wildman–Crippen LogP) is 3.88. The normalized spacial score (nSPS) is 16.9. The molecule has 0 unspecified atom stereocenters. The first-order chi connectivity index (χ1) is 14.0. The summed E-state index contributed by atoms with van der Waals surface area (Å²) in [6.07, 6.45) is 4.31. The van der Waals surface area contributed by atoms with E-state index >= 15 is 0 Å². The van der Waals surface area contributed by atoms with E-state index in [9.17, 15) is 10.1 Å². The standard InChI is InChI=1S/C23H28N4OS/c1-16-7-8-17(2)20(13-16)27-11-9-26(10-12-27)15-22(28)25-23-19(14-24)18-5-3-4-6-21(18)29-23/h7-8,13H,3-6,9-12,15H2,1-2H3,(H,25,28). The first-order valence-corrected chi connectivity index (χ1v) is 11.3. The summed E-state index contributed by atoms with van der Waals surface area (Å²) < 4.78 is 0. The molecule has 0 saturated carbocycles. The minimum absolute atomic E-state index is 0.0136. The molecular weight excluding hydrogens is 380 g/mol. The van der Waals surface area contributed by atoms with E-state index in [2.05, 4.69) is 53.2 Å². The summed E-state index contributed by atoms with van der Waals surface area (Å²) in [6, 6.07) is 8.90. The van der Waals surface area contributed by atoms with Crippen molar-refractivity contribution < 1.29 is 4.79 Å². The molecule has 0 atom stereocenters. The van der Waals surface area contributed by atoms with Crippen molar-refractivity contribution in [1.29, 1.82) is 5.26 Å². The van der Waals surface area contributed by atoms with Crippen LogP contribution in [-0.4, -0.2) is 43.5 Å². The number of hydrogen-bond acceptors (Lipinski definition) is 5. The third-order valence-electron chi connectivity index (χ3n) is 5.98. The van der Waals surface area contributed by atoms with E-state index in [1.165, 1.54) is 33.7 Å². The number of nitriles is 1. The van der Waals surface area contributed by atoms with Gasteiger partial charge in [-0.3, -0.25) is 9.69 Å². The molecule has 0 bridgehead atoms. The summed E-state index contributed by atoms with van der Waals surface area (Å²) in [5.74, 6) is -0.0136. The molecule has 1 aromatic heterocycles. The molecule has 1 aromatic carbocycles. The van der Waals surface area contributed by atoms with E-state index in [4.69, 9.17) is 0 Å². The topological polar surface area (TPSA) is 59.4 Å². The van der Waals surface area contributed by atoms with E-state index in [-0.39, 0.29) is 5.91 Å². The number of anilines is 2. The van der Waals surface area contributed by atoms with Crippen LogP contribution in [0, 0.1) is 25.2 Å². The largest absolute Gasteiger partial charge is 0.369 e. The van der Waals surface area contributed by atoms with Crippen molar-refractivity contribution in [3.8, 4) is 6.07 Å². The van der Waals surface area contributed by atoms with E-state index < -0.39 is 0 Å². The Morgan fingerprint density at radius 3 is 2.69 bits per heavy atom. The number of carbonyl (C=O) groups is 1. The molecule has 1 N–H and O–H groups in total. The molecule has 1 saturated heterocycles. The van der Waals surface area contributed by atoms with Crippen LogP contribution in [0.25, 0.3) is 0 Å². The van der Waals surface area contributed by atoms with Gasteiger partial charge in [-0.15, -0.1) is 11.3 Å². The quantitative estimate of drug-likeness (QED) is 0.834. The van der Waals surface area contributed by atoms with E-state index in [1.807, 2.05) is 0 Å². The lowest BCUT2D eigenvalue weighted by atomic mass is 9.96. The summed E-state index contributed by atoms with van der Waals surface area (Å²) in [7, 11) is 0. The average Bonchev–Trinajstić information content (AvgIpc) is 3.07. The Morgan fingerprint density at radius 1 is 1.17 bits per heavy atom. The number of aryl methyl sites for hydroxylation is 3. The molecule has 1 aliphatic heterocycles. The van der Waals surface area contributed by atoms with Crippen LogP contribution in [0.5, 0.6) is 0 Å². The number of benzene rings is 1. The van der Waals surface area contributed by atoms with E-state index in [1.54, 1.807) is 11.3 Å². The lowest BCUT2D eigenvalue weighted by molar-refractivity contribution is -0.117. The second-order valence-corrected chi connectivity index (χ2v) is 9.23. The highest BCUT2D eigenvalue weighted by Crippen LogP contribution is 2.37. The van der Waals surface area contributed by atoms with Crippen LogP contribution in [0.15, 0.2) is 18.2 Å². The molecule has 5 nitrogen and oxygen atoms in total. The molecule has 152 valence electrons. The number of thiophene rings is 1. The minimum Gasteiger partial charge on any atom is -0.369 e. The summed E-state index contributed by atoms with van der Waals surface area (Å²) in [6.45, 7) is 8.25. The number of carbonyl (C=O) groups excluding carboxylic acids is 1. The third kappa shape index (κ3) is 4.31. The third-order valence-corrected chi connectivity index (χ3v) is 7.19. The van der Waals surface area contributed by atoms with Crippen molar-refractivity contribution in [2.24, 2.45) is 0 Å². The first kappa shape index (κ1) is 19.9. The predicted molar refractivity (Wildman–Crippen MR) is 119 cm³/mol. The van der Waals surface area contributed by atoms with Crippen LogP contribution in [-0.2, 0) is 17.6 Å². The Balaban J connectivity index is 1.34. The highest BCUT2D eigenvalue weighted by atomic mass is 32.1. The summed E-state index contributed by atoms with van der Waals surface area (Å²) in [4.78, 5) is 18.5. The smallest absolute Gasteiger partial charge is 0.239 e. The number of hydrogen-bond donors (Lipinski definition) is 1. The van der Waals surface area contributed by atoms with Gasteiger partial charge in [0.2, 0.25) is 5.91 Å². The van der Waals surface area contributed by atoms with Gasteiger partial charge in [0, 0.05) is 36.7 Å². The minimum atomic E-state index is -0.0136. The number of fused-ring (bicyclic) bond motifs is 1. The van der Waals surface area contributed by atoms with E-state index in [0.29, 0.717) is 12.1 Å². The lowest BCUT2D eigenvalue weighted by Gasteiger charge is -2.36. The molecule has 1 amide bonds. The van der Waals surface area contributed by atoms with Crippen LogP contribution in [0.2, 0.25) is 0 Å². The lowest BCUT2D eigenvalue weighted by Crippen LogP contribution is -2.48. The molecule has 0 spiro atoms. The van der Waals surface area contributed by atoms with Crippen LogP contribution < -0.4 is 10.2 Å². The van der Waals surface area contributed by atoms with Crippen LogP contribution in [0.1, 0.15) is 40.0 Å². The fourth-order valence-corrected chi connectivity index (χ4v) is 5.60. The van der Waals surface area contributed by atoms with E-state index in [0.717, 1.165) is 50.4 Å². The van der Waals surface area contributed by atoms with Crippen LogP contribution >= 0.6 is 11.3 Å². The molecule has 29 heavy (non-hydrogen) atoms. The number of rotatable bonds is 4. The Morgan fingerprint density at radius 2 is 1.93 bits per heavy atom. The van der Waals surface area contributed by atoms with Gasteiger partial charge in [-0.1, -0.05) is 12.1 Å². The molecule has 6 heteroatoms. The summed E-state index contributed by atoms with van der Waals surface area (Å²) >= 11 is 1.60. The Labute approximate surface area is 176 Å². The molecule has 2 aromatic rings. The number of amides is 1. The molecule has 1 fully saturated rings. The number of nitrogens with zero attached hydrogens (tertiary/aromatic N) is 3. The van der Waals surface area contributed by atoms with Gasteiger partial charge < -0.3 is 10.2 Å².